The van der Waals surface area contributed by atoms with Gasteiger partial charge in [-0.2, -0.15) is 0 Å². The maximum atomic E-state index is 12.5. The minimum absolute atomic E-state index is 0.270. The molecule has 0 aliphatic carbocycles. The van der Waals surface area contributed by atoms with Gasteiger partial charge < -0.3 is 0 Å². The van der Waals surface area contributed by atoms with Crippen LogP contribution in [0.1, 0.15) is 57.6 Å². The lowest BCUT2D eigenvalue weighted by molar-refractivity contribution is 0.335. The average Bonchev–Trinajstić information content (AvgIpc) is 2.52. The highest BCUT2D eigenvalue weighted by Crippen LogP contribution is 2.33. The highest BCUT2D eigenvalue weighted by molar-refractivity contribution is 7.92. The molecular formula is C21H29NO2S. The van der Waals surface area contributed by atoms with Gasteiger partial charge in [-0.3, -0.25) is 4.72 Å². The van der Waals surface area contributed by atoms with Crippen molar-refractivity contribution < 1.29 is 8.42 Å². The van der Waals surface area contributed by atoms with Gasteiger partial charge in [-0.15, -0.1) is 0 Å². The number of sulfonamides is 1. The van der Waals surface area contributed by atoms with Gasteiger partial charge in [-0.05, 0) is 60.9 Å². The molecule has 0 bridgehead atoms. The zero-order valence-electron chi connectivity index (χ0n) is 15.8. The topological polar surface area (TPSA) is 46.2 Å². The molecule has 2 rings (SSSR count). The molecule has 0 aliphatic rings. The first kappa shape index (κ1) is 19.5. The Morgan fingerprint density at radius 2 is 1.52 bits per heavy atom. The van der Waals surface area contributed by atoms with Crippen molar-refractivity contribution in [1.29, 1.82) is 0 Å². The highest BCUT2D eigenvalue weighted by Gasteiger charge is 2.19. The molecule has 2 aromatic carbocycles. The van der Waals surface area contributed by atoms with E-state index in [1.165, 1.54) is 5.56 Å². The molecule has 0 saturated heterocycles. The molecule has 1 N–H and O–H groups in total. The first-order chi connectivity index (χ1) is 11.6. The minimum Gasteiger partial charge on any atom is -0.280 e. The van der Waals surface area contributed by atoms with E-state index in [-0.39, 0.29) is 10.3 Å². The number of hydrogen-bond donors (Lipinski definition) is 1. The third kappa shape index (κ3) is 5.60. The molecular weight excluding hydrogens is 330 g/mol. The van der Waals surface area contributed by atoms with Crippen molar-refractivity contribution in [3.05, 3.63) is 59.7 Å². The number of nitrogens with one attached hydrogen (secondary N) is 1. The van der Waals surface area contributed by atoms with Crippen molar-refractivity contribution in [3.8, 4) is 0 Å². The van der Waals surface area contributed by atoms with Gasteiger partial charge >= 0.3 is 0 Å². The van der Waals surface area contributed by atoms with Crippen molar-refractivity contribution in [2.75, 3.05) is 4.72 Å². The zero-order valence-corrected chi connectivity index (χ0v) is 16.7. The van der Waals surface area contributed by atoms with Gasteiger partial charge in [-0.1, -0.05) is 57.5 Å². The highest BCUT2D eigenvalue weighted by atomic mass is 32.2. The van der Waals surface area contributed by atoms with Crippen LogP contribution in [-0.4, -0.2) is 8.42 Å². The lowest BCUT2D eigenvalue weighted by Crippen LogP contribution is -2.13. The third-order valence-corrected chi connectivity index (χ3v) is 5.71. The van der Waals surface area contributed by atoms with Gasteiger partial charge in [-0.25, -0.2) is 8.42 Å². The Balaban J connectivity index is 2.15. The van der Waals surface area contributed by atoms with Crippen molar-refractivity contribution in [2.45, 2.75) is 58.3 Å². The molecule has 0 amide bonds. The monoisotopic (exact) mass is 359 g/mol. The first-order valence-corrected chi connectivity index (χ1v) is 10.3. The fourth-order valence-electron chi connectivity index (χ4n) is 2.99. The lowest BCUT2D eigenvalue weighted by atomic mass is 9.80. The molecule has 3 nitrogen and oxygen atoms in total. The molecule has 0 saturated carbocycles. The Bertz CT molecular complexity index is 785. The summed E-state index contributed by atoms with van der Waals surface area (Å²) in [7, 11) is -3.55. The predicted molar refractivity (Wildman–Crippen MR) is 106 cm³/mol. The van der Waals surface area contributed by atoms with Crippen LogP contribution in [-0.2, 0) is 10.0 Å². The number of anilines is 1. The summed E-state index contributed by atoms with van der Waals surface area (Å²) in [6.45, 7) is 10.9. The predicted octanol–water partition coefficient (Wildman–Crippen LogP) is 5.73. The van der Waals surface area contributed by atoms with E-state index in [9.17, 15) is 8.42 Å². The fraction of sp³-hybridized carbons (Fsp3) is 0.429. The first-order valence-electron chi connectivity index (χ1n) is 8.80. The van der Waals surface area contributed by atoms with E-state index < -0.39 is 10.0 Å². The van der Waals surface area contributed by atoms with Gasteiger partial charge in [0, 0.05) is 5.69 Å². The molecule has 0 fully saturated rings. The zero-order chi connectivity index (χ0) is 18.7. The quantitative estimate of drug-likeness (QED) is 0.716. The molecule has 1 atom stereocenters. The van der Waals surface area contributed by atoms with Gasteiger partial charge in [0.15, 0.2) is 0 Å². The van der Waals surface area contributed by atoms with Crippen LogP contribution in [0.4, 0.5) is 5.69 Å². The second-order valence-corrected chi connectivity index (χ2v) is 9.59. The van der Waals surface area contributed by atoms with Crippen LogP contribution in [0.3, 0.4) is 0 Å². The van der Waals surface area contributed by atoms with Crippen molar-refractivity contribution >= 4 is 15.7 Å². The number of hydrogen-bond acceptors (Lipinski definition) is 2. The number of rotatable bonds is 6. The Morgan fingerprint density at radius 1 is 0.960 bits per heavy atom. The second kappa shape index (κ2) is 7.61. The Labute approximate surface area is 152 Å². The van der Waals surface area contributed by atoms with E-state index in [4.69, 9.17) is 0 Å². The van der Waals surface area contributed by atoms with E-state index in [1.807, 2.05) is 31.2 Å². The average molecular weight is 360 g/mol. The number of aryl methyl sites for hydroxylation is 1. The van der Waals surface area contributed by atoms with Crippen LogP contribution in [0.15, 0.2) is 53.4 Å². The molecule has 0 aliphatic heterocycles. The Hall–Kier alpha value is -1.81. The van der Waals surface area contributed by atoms with Gasteiger partial charge in [0.1, 0.15) is 0 Å². The lowest BCUT2D eigenvalue weighted by Gasteiger charge is -2.25. The summed E-state index contributed by atoms with van der Waals surface area (Å²) in [5.41, 5.74) is 3.16. The van der Waals surface area contributed by atoms with Crippen molar-refractivity contribution in [3.63, 3.8) is 0 Å². The summed E-state index contributed by atoms with van der Waals surface area (Å²) < 4.78 is 27.6. The molecule has 1 unspecified atom stereocenters. The summed E-state index contributed by atoms with van der Waals surface area (Å²) in [5, 5.41) is 0. The maximum Gasteiger partial charge on any atom is 0.261 e. The third-order valence-electron chi connectivity index (χ3n) is 4.32. The van der Waals surface area contributed by atoms with Gasteiger partial charge in [0.2, 0.25) is 0 Å². The largest absolute Gasteiger partial charge is 0.280 e. The number of benzene rings is 2. The maximum absolute atomic E-state index is 12.5. The van der Waals surface area contributed by atoms with E-state index in [0.717, 1.165) is 18.4 Å². The van der Waals surface area contributed by atoms with E-state index in [2.05, 4.69) is 32.4 Å². The summed E-state index contributed by atoms with van der Waals surface area (Å²) in [6.07, 6.45) is 2.18. The molecule has 0 radical (unpaired) electrons. The molecule has 4 heteroatoms. The van der Waals surface area contributed by atoms with Crippen LogP contribution in [0.25, 0.3) is 0 Å². The SMILES string of the molecule is CCC(CC(C)(C)C)c1ccc(NS(=O)(=O)c2ccc(C)cc2)cc1. The summed E-state index contributed by atoms with van der Waals surface area (Å²) >= 11 is 0. The van der Waals surface area contributed by atoms with Crippen LogP contribution < -0.4 is 4.72 Å². The molecule has 2 aromatic rings. The van der Waals surface area contributed by atoms with Crippen LogP contribution in [0.2, 0.25) is 0 Å². The van der Waals surface area contributed by atoms with Gasteiger partial charge in [0.05, 0.1) is 4.90 Å². The van der Waals surface area contributed by atoms with Crippen LogP contribution in [0.5, 0.6) is 0 Å². The van der Waals surface area contributed by atoms with Gasteiger partial charge in [0.25, 0.3) is 10.0 Å². The van der Waals surface area contributed by atoms with E-state index in [0.29, 0.717) is 11.6 Å². The smallest absolute Gasteiger partial charge is 0.261 e. The van der Waals surface area contributed by atoms with Crippen molar-refractivity contribution in [1.82, 2.24) is 0 Å². The normalized spacial score (nSPS) is 13.5. The standard InChI is InChI=1S/C21H29NO2S/c1-6-17(15-21(3,4)5)18-9-11-19(12-10-18)22-25(23,24)20-13-7-16(2)8-14-20/h7-14,17,22H,6,15H2,1-5H3. The summed E-state index contributed by atoms with van der Waals surface area (Å²) in [5.74, 6) is 0.489. The molecule has 0 spiro atoms. The molecule has 0 heterocycles. The molecule has 25 heavy (non-hydrogen) atoms. The van der Waals surface area contributed by atoms with Crippen LogP contribution >= 0.6 is 0 Å². The van der Waals surface area contributed by atoms with E-state index in [1.54, 1.807) is 24.3 Å². The second-order valence-electron chi connectivity index (χ2n) is 7.91. The van der Waals surface area contributed by atoms with Crippen molar-refractivity contribution in [2.24, 2.45) is 5.41 Å². The minimum atomic E-state index is -3.55. The Kier molecular flexibility index (Phi) is 5.94. The summed E-state index contributed by atoms with van der Waals surface area (Å²) in [4.78, 5) is 0.279. The molecule has 136 valence electrons. The molecule has 0 aromatic heterocycles. The Morgan fingerprint density at radius 3 is 2.00 bits per heavy atom. The summed E-state index contributed by atoms with van der Waals surface area (Å²) in [6, 6.07) is 14.6. The van der Waals surface area contributed by atoms with Crippen LogP contribution in [0, 0.1) is 12.3 Å². The fourth-order valence-corrected chi connectivity index (χ4v) is 4.05. The van der Waals surface area contributed by atoms with E-state index >= 15 is 0 Å².